The lowest BCUT2D eigenvalue weighted by Crippen LogP contribution is -1.87. The van der Waals surface area contributed by atoms with Crippen molar-refractivity contribution in [2.24, 2.45) is 5.16 Å². The van der Waals surface area contributed by atoms with Crippen LogP contribution in [0.25, 0.3) is 0 Å². The molecule has 0 atom stereocenters. The smallest absolute Gasteiger partial charge is 0.120 e. The van der Waals surface area contributed by atoms with E-state index in [1.54, 1.807) is 25.7 Å². The number of benzene rings is 1. The molecule has 1 heterocycles. The van der Waals surface area contributed by atoms with Crippen molar-refractivity contribution < 1.29 is 9.57 Å². The third-order valence-corrected chi connectivity index (χ3v) is 2.49. The van der Waals surface area contributed by atoms with Crippen LogP contribution in [0.3, 0.4) is 0 Å². The Bertz CT molecular complexity index is 669. The number of methoxy groups -OCH3 is 1. The van der Waals surface area contributed by atoms with Crippen LogP contribution < -0.4 is 4.74 Å². The van der Waals surface area contributed by atoms with E-state index in [1.807, 2.05) is 30.3 Å². The highest BCUT2D eigenvalue weighted by atomic mass is 16.6. The first kappa shape index (κ1) is 13.6. The van der Waals surface area contributed by atoms with Gasteiger partial charge >= 0.3 is 0 Å². The van der Waals surface area contributed by atoms with Gasteiger partial charge < -0.3 is 9.57 Å². The number of nitrogens with zero attached hydrogens (tertiary/aromatic N) is 2. The van der Waals surface area contributed by atoms with E-state index in [-0.39, 0.29) is 0 Å². The highest BCUT2D eigenvalue weighted by molar-refractivity contribution is 5.79. The summed E-state index contributed by atoms with van der Waals surface area (Å²) in [5, 5.41) is 3.69. The lowest BCUT2D eigenvalue weighted by atomic mass is 10.2. The highest BCUT2D eigenvalue weighted by Gasteiger charge is 1.93. The molecule has 0 spiro atoms. The fraction of sp³-hybridized carbons (Fsp3) is 0.125. The van der Waals surface area contributed by atoms with Crippen LogP contribution in [-0.2, 0) is 4.84 Å². The number of aromatic nitrogens is 1. The molecule has 0 radical (unpaired) electrons. The topological polar surface area (TPSA) is 43.7 Å². The Morgan fingerprint density at radius 1 is 1.10 bits per heavy atom. The Kier molecular flexibility index (Phi) is 4.74. The third kappa shape index (κ3) is 3.85. The van der Waals surface area contributed by atoms with Gasteiger partial charge in [0.15, 0.2) is 0 Å². The van der Waals surface area contributed by atoms with Crippen LogP contribution >= 0.6 is 0 Å². The fourth-order valence-corrected chi connectivity index (χ4v) is 1.56. The van der Waals surface area contributed by atoms with Crippen molar-refractivity contribution in [2.75, 3.05) is 14.2 Å². The molecule has 0 aliphatic carbocycles. The normalized spacial score (nSPS) is 9.90. The number of rotatable bonds is 3. The first-order valence-electron chi connectivity index (χ1n) is 5.99. The van der Waals surface area contributed by atoms with Crippen LogP contribution in [0.5, 0.6) is 5.75 Å². The minimum absolute atomic E-state index is 0.788. The Balaban J connectivity index is 2.21. The summed E-state index contributed by atoms with van der Waals surface area (Å²) in [6.07, 6.45) is 4.99. The Morgan fingerprint density at radius 2 is 1.95 bits per heavy atom. The van der Waals surface area contributed by atoms with Gasteiger partial charge in [0.2, 0.25) is 0 Å². The van der Waals surface area contributed by atoms with Crippen LogP contribution in [0.15, 0.2) is 47.9 Å². The molecule has 0 aliphatic heterocycles. The largest absolute Gasteiger partial charge is 0.497 e. The summed E-state index contributed by atoms with van der Waals surface area (Å²) in [5.41, 5.74) is 2.54. The summed E-state index contributed by atoms with van der Waals surface area (Å²) in [6.45, 7) is 0. The number of ether oxygens (including phenoxy) is 1. The second kappa shape index (κ2) is 6.95. The van der Waals surface area contributed by atoms with Gasteiger partial charge in [0, 0.05) is 29.1 Å². The zero-order valence-electron chi connectivity index (χ0n) is 11.3. The highest BCUT2D eigenvalue weighted by Crippen LogP contribution is 2.11. The molecule has 2 aromatic rings. The average molecular weight is 266 g/mol. The van der Waals surface area contributed by atoms with Gasteiger partial charge in [-0.05, 0) is 24.3 Å². The molecule has 0 aliphatic rings. The van der Waals surface area contributed by atoms with Crippen LogP contribution in [0.1, 0.15) is 16.7 Å². The first-order valence-corrected chi connectivity index (χ1v) is 5.99. The zero-order chi connectivity index (χ0) is 14.2. The fourth-order valence-electron chi connectivity index (χ4n) is 1.56. The Morgan fingerprint density at radius 3 is 2.75 bits per heavy atom. The zero-order valence-corrected chi connectivity index (χ0v) is 11.3. The maximum Gasteiger partial charge on any atom is 0.120 e. The van der Waals surface area contributed by atoms with Gasteiger partial charge in [-0.1, -0.05) is 23.1 Å². The van der Waals surface area contributed by atoms with Gasteiger partial charge in [-0.25, -0.2) is 0 Å². The van der Waals surface area contributed by atoms with E-state index < -0.39 is 0 Å². The molecule has 0 unspecified atom stereocenters. The molecule has 0 fully saturated rings. The SMILES string of the molecule is CON=Cc1cncc(C#Cc2cccc(OC)c2)c1. The standard InChI is InChI=1S/C16H14N2O2/c1-19-16-5-3-4-13(9-16)6-7-14-8-15(11-17-10-14)12-18-20-2/h3-5,8-12H,1-2H3. The summed E-state index contributed by atoms with van der Waals surface area (Å²) < 4.78 is 5.16. The van der Waals surface area contributed by atoms with Gasteiger partial charge in [0.1, 0.15) is 12.9 Å². The number of hydrogen-bond acceptors (Lipinski definition) is 4. The maximum atomic E-state index is 5.16. The second-order valence-corrected chi connectivity index (χ2v) is 3.91. The van der Waals surface area contributed by atoms with Gasteiger partial charge in [-0.2, -0.15) is 0 Å². The van der Waals surface area contributed by atoms with Crippen molar-refractivity contribution in [2.45, 2.75) is 0 Å². The van der Waals surface area contributed by atoms with Gasteiger partial charge in [-0.3, -0.25) is 4.98 Å². The van der Waals surface area contributed by atoms with Crippen molar-refractivity contribution in [3.05, 3.63) is 59.4 Å². The summed E-state index contributed by atoms with van der Waals surface area (Å²) in [5.74, 6) is 6.92. The van der Waals surface area contributed by atoms with E-state index in [1.165, 1.54) is 7.11 Å². The molecule has 20 heavy (non-hydrogen) atoms. The number of hydrogen-bond donors (Lipinski definition) is 0. The van der Waals surface area contributed by atoms with E-state index in [0.29, 0.717) is 0 Å². The summed E-state index contributed by atoms with van der Waals surface area (Å²) in [4.78, 5) is 8.74. The third-order valence-electron chi connectivity index (χ3n) is 2.49. The van der Waals surface area contributed by atoms with Gasteiger partial charge in [0.25, 0.3) is 0 Å². The molecule has 4 heteroatoms. The molecular weight excluding hydrogens is 252 g/mol. The summed E-state index contributed by atoms with van der Waals surface area (Å²) in [7, 11) is 3.13. The molecule has 1 aromatic heterocycles. The van der Waals surface area contributed by atoms with Crippen molar-refractivity contribution in [1.29, 1.82) is 0 Å². The average Bonchev–Trinajstić information content (AvgIpc) is 2.51. The van der Waals surface area contributed by atoms with E-state index >= 15 is 0 Å². The summed E-state index contributed by atoms with van der Waals surface area (Å²) in [6, 6.07) is 9.50. The predicted octanol–water partition coefficient (Wildman–Crippen LogP) is 2.47. The predicted molar refractivity (Wildman–Crippen MR) is 77.8 cm³/mol. The van der Waals surface area contributed by atoms with Crippen molar-refractivity contribution >= 4 is 6.21 Å². The maximum absolute atomic E-state index is 5.16. The molecular formula is C16H14N2O2. The van der Waals surface area contributed by atoms with E-state index in [2.05, 4.69) is 26.8 Å². The minimum atomic E-state index is 0.788. The first-order chi connectivity index (χ1) is 9.81. The quantitative estimate of drug-likeness (QED) is 0.487. The van der Waals surface area contributed by atoms with Crippen molar-refractivity contribution in [3.63, 3.8) is 0 Å². The molecule has 1 aromatic carbocycles. The van der Waals surface area contributed by atoms with Crippen LogP contribution in [-0.4, -0.2) is 25.4 Å². The van der Waals surface area contributed by atoms with Crippen LogP contribution in [0.2, 0.25) is 0 Å². The number of pyridine rings is 1. The second-order valence-electron chi connectivity index (χ2n) is 3.91. The van der Waals surface area contributed by atoms with Gasteiger partial charge in [0.05, 0.1) is 13.3 Å². The van der Waals surface area contributed by atoms with Crippen molar-refractivity contribution in [1.82, 2.24) is 4.98 Å². The monoisotopic (exact) mass is 266 g/mol. The summed E-state index contributed by atoms with van der Waals surface area (Å²) >= 11 is 0. The minimum Gasteiger partial charge on any atom is -0.497 e. The Hall–Kier alpha value is -2.80. The number of oxime groups is 1. The van der Waals surface area contributed by atoms with Crippen LogP contribution in [0.4, 0.5) is 0 Å². The molecule has 100 valence electrons. The van der Waals surface area contributed by atoms with E-state index in [9.17, 15) is 0 Å². The van der Waals surface area contributed by atoms with Gasteiger partial charge in [-0.15, -0.1) is 0 Å². The molecule has 0 N–H and O–H groups in total. The Labute approximate surface area is 118 Å². The molecule has 0 saturated heterocycles. The van der Waals surface area contributed by atoms with Crippen LogP contribution in [0, 0.1) is 11.8 Å². The van der Waals surface area contributed by atoms with E-state index in [0.717, 1.165) is 22.4 Å². The molecule has 0 bridgehead atoms. The van der Waals surface area contributed by atoms with Crippen molar-refractivity contribution in [3.8, 4) is 17.6 Å². The molecule has 0 amide bonds. The molecule has 2 rings (SSSR count). The lowest BCUT2D eigenvalue weighted by Gasteiger charge is -1.98. The molecule has 4 nitrogen and oxygen atoms in total. The molecule has 0 saturated carbocycles. The van der Waals surface area contributed by atoms with E-state index in [4.69, 9.17) is 4.74 Å². The lowest BCUT2D eigenvalue weighted by molar-refractivity contribution is 0.215.